The SMILES string of the molecule is CN(C)c1ccc(C(=O)N2C3CCC2CC(Br)C3)cc1. The average Bonchev–Trinajstić information content (AvgIpc) is 2.70. The number of carbonyl (C=O) groups is 1. The minimum atomic E-state index is 0.210. The Balaban J connectivity index is 1.79. The minimum Gasteiger partial charge on any atom is -0.378 e. The second-order valence-corrected chi connectivity index (χ2v) is 7.40. The summed E-state index contributed by atoms with van der Waals surface area (Å²) >= 11 is 3.72. The number of fused-ring (bicyclic) bond motifs is 2. The van der Waals surface area contributed by atoms with Crippen molar-refractivity contribution in [3.8, 4) is 0 Å². The summed E-state index contributed by atoms with van der Waals surface area (Å²) in [5.74, 6) is 0.210. The van der Waals surface area contributed by atoms with Crippen LogP contribution in [0.4, 0.5) is 5.69 Å². The number of nitrogens with zero attached hydrogens (tertiary/aromatic N) is 2. The standard InChI is InChI=1S/C16H21BrN2O/c1-18(2)13-5-3-11(4-6-13)16(20)19-14-7-8-15(19)10-12(17)9-14/h3-6,12,14-15H,7-10H2,1-2H3. The molecule has 1 aromatic rings. The molecule has 108 valence electrons. The van der Waals surface area contributed by atoms with Gasteiger partial charge in [0.15, 0.2) is 0 Å². The van der Waals surface area contributed by atoms with Crippen LogP contribution in [0.15, 0.2) is 24.3 Å². The number of anilines is 1. The zero-order valence-corrected chi connectivity index (χ0v) is 13.6. The molecular formula is C16H21BrN2O. The number of benzene rings is 1. The molecule has 1 aromatic carbocycles. The highest BCUT2D eigenvalue weighted by molar-refractivity contribution is 9.09. The van der Waals surface area contributed by atoms with E-state index in [1.807, 2.05) is 43.3 Å². The number of amides is 1. The Kier molecular flexibility index (Phi) is 3.76. The van der Waals surface area contributed by atoms with Gasteiger partial charge in [-0.2, -0.15) is 0 Å². The Morgan fingerprint density at radius 2 is 1.70 bits per heavy atom. The molecule has 2 fully saturated rings. The molecule has 2 aliphatic heterocycles. The first-order valence-electron chi connectivity index (χ1n) is 7.30. The lowest BCUT2D eigenvalue weighted by Crippen LogP contribution is -2.46. The predicted octanol–water partition coefficient (Wildman–Crippen LogP) is 3.28. The summed E-state index contributed by atoms with van der Waals surface area (Å²) in [4.78, 5) is 17.5. The second-order valence-electron chi connectivity index (χ2n) is 6.11. The normalized spacial score (nSPS) is 28.6. The largest absolute Gasteiger partial charge is 0.378 e. The van der Waals surface area contributed by atoms with E-state index in [1.165, 1.54) is 0 Å². The molecule has 20 heavy (non-hydrogen) atoms. The molecule has 2 unspecified atom stereocenters. The van der Waals surface area contributed by atoms with Crippen molar-refractivity contribution in [1.29, 1.82) is 0 Å². The van der Waals surface area contributed by atoms with E-state index in [0.717, 1.165) is 36.9 Å². The van der Waals surface area contributed by atoms with Crippen molar-refractivity contribution in [3.05, 3.63) is 29.8 Å². The maximum absolute atomic E-state index is 12.7. The molecule has 2 heterocycles. The van der Waals surface area contributed by atoms with Gasteiger partial charge in [-0.3, -0.25) is 4.79 Å². The summed E-state index contributed by atoms with van der Waals surface area (Å²) in [6.07, 6.45) is 4.51. The van der Waals surface area contributed by atoms with Gasteiger partial charge in [-0.05, 0) is 49.9 Å². The Hall–Kier alpha value is -1.03. The summed E-state index contributed by atoms with van der Waals surface area (Å²) in [5, 5.41) is 0. The molecule has 0 spiro atoms. The summed E-state index contributed by atoms with van der Waals surface area (Å²) in [6, 6.07) is 8.81. The van der Waals surface area contributed by atoms with Gasteiger partial charge < -0.3 is 9.80 Å². The van der Waals surface area contributed by atoms with Crippen LogP contribution < -0.4 is 4.90 Å². The number of hydrogen-bond acceptors (Lipinski definition) is 2. The van der Waals surface area contributed by atoms with E-state index in [-0.39, 0.29) is 5.91 Å². The topological polar surface area (TPSA) is 23.6 Å². The molecule has 2 bridgehead atoms. The number of carbonyl (C=O) groups excluding carboxylic acids is 1. The van der Waals surface area contributed by atoms with Crippen LogP contribution in [-0.2, 0) is 0 Å². The number of alkyl halides is 1. The summed E-state index contributed by atoms with van der Waals surface area (Å²) in [7, 11) is 4.02. The zero-order valence-electron chi connectivity index (χ0n) is 12.1. The fraction of sp³-hybridized carbons (Fsp3) is 0.562. The third-order valence-electron chi connectivity index (χ3n) is 4.54. The highest BCUT2D eigenvalue weighted by Crippen LogP contribution is 2.39. The smallest absolute Gasteiger partial charge is 0.254 e. The van der Waals surface area contributed by atoms with Crippen LogP contribution in [0.1, 0.15) is 36.0 Å². The van der Waals surface area contributed by atoms with E-state index in [2.05, 4.69) is 20.8 Å². The van der Waals surface area contributed by atoms with Gasteiger partial charge in [0.1, 0.15) is 0 Å². The van der Waals surface area contributed by atoms with E-state index in [0.29, 0.717) is 16.9 Å². The molecule has 0 saturated carbocycles. The lowest BCUT2D eigenvalue weighted by atomic mass is 10.0. The first kappa shape index (κ1) is 13.9. The van der Waals surface area contributed by atoms with Gasteiger partial charge in [0, 0.05) is 42.3 Å². The molecule has 0 N–H and O–H groups in total. The summed E-state index contributed by atoms with van der Waals surface area (Å²) in [5.41, 5.74) is 1.95. The van der Waals surface area contributed by atoms with E-state index < -0.39 is 0 Å². The monoisotopic (exact) mass is 336 g/mol. The first-order valence-corrected chi connectivity index (χ1v) is 8.22. The molecule has 0 aliphatic carbocycles. The maximum atomic E-state index is 12.7. The van der Waals surface area contributed by atoms with E-state index in [4.69, 9.17) is 0 Å². The van der Waals surface area contributed by atoms with Crippen molar-refractivity contribution in [2.45, 2.75) is 42.6 Å². The molecule has 3 rings (SSSR count). The number of piperidine rings is 1. The molecule has 0 aromatic heterocycles. The maximum Gasteiger partial charge on any atom is 0.254 e. The van der Waals surface area contributed by atoms with Gasteiger partial charge >= 0.3 is 0 Å². The van der Waals surface area contributed by atoms with E-state index in [1.54, 1.807) is 0 Å². The van der Waals surface area contributed by atoms with Crippen molar-refractivity contribution in [1.82, 2.24) is 4.90 Å². The van der Waals surface area contributed by atoms with Crippen LogP contribution >= 0.6 is 15.9 Å². The minimum absolute atomic E-state index is 0.210. The summed E-state index contributed by atoms with van der Waals surface area (Å²) < 4.78 is 0. The molecule has 2 aliphatic rings. The van der Waals surface area contributed by atoms with Crippen molar-refractivity contribution in [2.75, 3.05) is 19.0 Å². The third kappa shape index (κ3) is 2.46. The summed E-state index contributed by atoms with van der Waals surface area (Å²) in [6.45, 7) is 0. The first-order chi connectivity index (χ1) is 9.56. The van der Waals surface area contributed by atoms with Gasteiger partial charge in [0.2, 0.25) is 0 Å². The average molecular weight is 337 g/mol. The molecule has 2 saturated heterocycles. The third-order valence-corrected chi connectivity index (χ3v) is 5.29. The Morgan fingerprint density at radius 1 is 1.15 bits per heavy atom. The lowest BCUT2D eigenvalue weighted by molar-refractivity contribution is 0.0603. The molecule has 2 atom stereocenters. The quantitative estimate of drug-likeness (QED) is 0.774. The van der Waals surface area contributed by atoms with Crippen LogP contribution in [0.3, 0.4) is 0 Å². The van der Waals surface area contributed by atoms with Crippen LogP contribution in [0, 0.1) is 0 Å². The predicted molar refractivity (Wildman–Crippen MR) is 85.7 cm³/mol. The Labute approximate surface area is 129 Å². The van der Waals surface area contributed by atoms with Crippen molar-refractivity contribution in [3.63, 3.8) is 0 Å². The number of rotatable bonds is 2. The fourth-order valence-electron chi connectivity index (χ4n) is 3.49. The Morgan fingerprint density at radius 3 is 2.20 bits per heavy atom. The number of hydrogen-bond donors (Lipinski definition) is 0. The number of halogens is 1. The molecule has 3 nitrogen and oxygen atoms in total. The van der Waals surface area contributed by atoms with Crippen molar-refractivity contribution >= 4 is 27.5 Å². The lowest BCUT2D eigenvalue weighted by Gasteiger charge is -2.37. The van der Waals surface area contributed by atoms with Crippen molar-refractivity contribution in [2.24, 2.45) is 0 Å². The zero-order chi connectivity index (χ0) is 14.3. The van der Waals surface area contributed by atoms with Gasteiger partial charge in [-0.1, -0.05) is 15.9 Å². The highest BCUT2D eigenvalue weighted by atomic mass is 79.9. The highest BCUT2D eigenvalue weighted by Gasteiger charge is 2.42. The van der Waals surface area contributed by atoms with Crippen LogP contribution in [0.25, 0.3) is 0 Å². The van der Waals surface area contributed by atoms with E-state index in [9.17, 15) is 4.79 Å². The molecule has 4 heteroatoms. The molecular weight excluding hydrogens is 316 g/mol. The van der Waals surface area contributed by atoms with Gasteiger partial charge in [-0.15, -0.1) is 0 Å². The second kappa shape index (κ2) is 5.40. The van der Waals surface area contributed by atoms with Gasteiger partial charge in [-0.25, -0.2) is 0 Å². The molecule has 1 amide bonds. The van der Waals surface area contributed by atoms with Gasteiger partial charge in [0.25, 0.3) is 5.91 Å². The fourth-order valence-corrected chi connectivity index (χ4v) is 4.36. The van der Waals surface area contributed by atoms with Gasteiger partial charge in [0.05, 0.1) is 0 Å². The van der Waals surface area contributed by atoms with E-state index >= 15 is 0 Å². The van der Waals surface area contributed by atoms with Crippen LogP contribution in [0.5, 0.6) is 0 Å². The Bertz CT molecular complexity index is 486. The van der Waals surface area contributed by atoms with Crippen LogP contribution in [-0.4, -0.2) is 41.8 Å². The van der Waals surface area contributed by atoms with Crippen LogP contribution in [0.2, 0.25) is 0 Å². The molecule has 0 radical (unpaired) electrons. The van der Waals surface area contributed by atoms with Crippen molar-refractivity contribution < 1.29 is 4.79 Å².